The molecule has 1 aliphatic rings. The molecule has 0 radical (unpaired) electrons. The lowest BCUT2D eigenvalue weighted by Gasteiger charge is -2.20. The molecule has 3 rings (SSSR count). The molecule has 7 heteroatoms. The first-order chi connectivity index (χ1) is 12.4. The second-order valence-electron chi connectivity index (χ2n) is 6.71. The van der Waals surface area contributed by atoms with Crippen molar-refractivity contribution in [2.45, 2.75) is 30.2 Å². The van der Waals surface area contributed by atoms with Crippen LogP contribution in [0.3, 0.4) is 0 Å². The first kappa shape index (κ1) is 18.8. The minimum atomic E-state index is -4.64. The van der Waals surface area contributed by atoms with Crippen LogP contribution in [0.1, 0.15) is 12.5 Å². The van der Waals surface area contributed by atoms with Gasteiger partial charge in [-0.25, -0.2) is 8.42 Å². The summed E-state index contributed by atoms with van der Waals surface area (Å²) in [5, 5.41) is 3.18. The highest BCUT2D eigenvalue weighted by molar-refractivity contribution is 7.91. The van der Waals surface area contributed by atoms with Crippen molar-refractivity contribution in [1.82, 2.24) is 4.90 Å². The largest absolute Gasteiger partial charge is 0.380 e. The molecule has 0 bridgehead atoms. The van der Waals surface area contributed by atoms with Gasteiger partial charge in [-0.05, 0) is 23.6 Å². The molecule has 0 spiro atoms. The number of nitrogens with one attached hydrogen (secondary N) is 1. The smallest absolute Gasteiger partial charge is 0.341 e. The molecular weight excluding hydrogens is 358 g/mol. The molecule has 4 nitrogen and oxygen atoms in total. The van der Waals surface area contributed by atoms with E-state index in [1.54, 1.807) is 12.1 Å². The SMILES string of the molecule is CC1CN(Cc2ccccc2)CC1Nc1ccccc1S(=O)(=O)C(F)F. The van der Waals surface area contributed by atoms with E-state index in [4.69, 9.17) is 0 Å². The number of benzene rings is 2. The van der Waals surface area contributed by atoms with Crippen LogP contribution in [0.4, 0.5) is 14.5 Å². The molecule has 0 aliphatic carbocycles. The van der Waals surface area contributed by atoms with Gasteiger partial charge in [0.05, 0.1) is 10.6 Å². The number of nitrogens with zero attached hydrogens (tertiary/aromatic N) is 1. The summed E-state index contributed by atoms with van der Waals surface area (Å²) in [6.07, 6.45) is 0. The summed E-state index contributed by atoms with van der Waals surface area (Å²) in [5.41, 5.74) is 1.45. The van der Waals surface area contributed by atoms with Gasteiger partial charge in [-0.1, -0.05) is 49.4 Å². The summed E-state index contributed by atoms with van der Waals surface area (Å²) < 4.78 is 49.7. The Morgan fingerprint density at radius 2 is 1.73 bits per heavy atom. The van der Waals surface area contributed by atoms with Crippen molar-refractivity contribution in [2.75, 3.05) is 18.4 Å². The zero-order chi connectivity index (χ0) is 18.7. The van der Waals surface area contributed by atoms with Gasteiger partial charge in [0.2, 0.25) is 9.84 Å². The van der Waals surface area contributed by atoms with E-state index in [1.165, 1.54) is 17.7 Å². The fraction of sp³-hybridized carbons (Fsp3) is 0.368. The molecule has 140 valence electrons. The van der Waals surface area contributed by atoms with Crippen LogP contribution < -0.4 is 5.32 Å². The molecule has 0 saturated carbocycles. The molecule has 1 aliphatic heterocycles. The highest BCUT2D eigenvalue weighted by Crippen LogP contribution is 2.29. The number of halogens is 2. The number of sulfone groups is 1. The molecule has 2 unspecified atom stereocenters. The maximum atomic E-state index is 12.9. The Balaban J connectivity index is 1.74. The summed E-state index contributed by atoms with van der Waals surface area (Å²) in [4.78, 5) is 1.94. The molecule has 0 aromatic heterocycles. The summed E-state index contributed by atoms with van der Waals surface area (Å²) in [5.74, 6) is -3.16. The molecule has 1 fully saturated rings. The highest BCUT2D eigenvalue weighted by Gasteiger charge is 2.33. The molecule has 1 N–H and O–H groups in total. The van der Waals surface area contributed by atoms with Crippen LogP contribution in [0, 0.1) is 5.92 Å². The quantitative estimate of drug-likeness (QED) is 0.832. The van der Waals surface area contributed by atoms with Gasteiger partial charge in [-0.3, -0.25) is 4.90 Å². The Bertz CT molecular complexity index is 844. The van der Waals surface area contributed by atoms with Crippen molar-refractivity contribution in [3.63, 3.8) is 0 Å². The topological polar surface area (TPSA) is 49.4 Å². The maximum absolute atomic E-state index is 12.9. The number of alkyl halides is 2. The van der Waals surface area contributed by atoms with Crippen molar-refractivity contribution in [2.24, 2.45) is 5.92 Å². The average Bonchev–Trinajstić information content (AvgIpc) is 2.95. The highest BCUT2D eigenvalue weighted by atomic mass is 32.2. The minimum absolute atomic E-state index is 0.00673. The fourth-order valence-corrected chi connectivity index (χ4v) is 4.25. The lowest BCUT2D eigenvalue weighted by molar-refractivity contribution is 0.235. The molecular formula is C19H22F2N2O2S. The van der Waals surface area contributed by atoms with Gasteiger partial charge in [0.1, 0.15) is 0 Å². The third kappa shape index (κ3) is 4.04. The van der Waals surface area contributed by atoms with Crippen molar-refractivity contribution in [1.29, 1.82) is 0 Å². The predicted molar refractivity (Wildman–Crippen MR) is 97.9 cm³/mol. The summed E-state index contributed by atoms with van der Waals surface area (Å²) in [6.45, 7) is 4.46. The molecule has 1 saturated heterocycles. The van der Waals surface area contributed by atoms with E-state index in [0.29, 0.717) is 0 Å². The van der Waals surface area contributed by atoms with Crippen LogP contribution in [-0.4, -0.2) is 38.2 Å². The maximum Gasteiger partial charge on any atom is 0.341 e. The normalized spacial score (nSPS) is 21.2. The Kier molecular flexibility index (Phi) is 5.58. The van der Waals surface area contributed by atoms with Gasteiger partial charge in [0, 0.05) is 25.7 Å². The van der Waals surface area contributed by atoms with E-state index < -0.39 is 15.6 Å². The number of likely N-dealkylation sites (tertiary alicyclic amines) is 1. The number of rotatable bonds is 6. The molecule has 2 aromatic carbocycles. The van der Waals surface area contributed by atoms with Gasteiger partial charge in [-0.2, -0.15) is 8.78 Å². The fourth-order valence-electron chi connectivity index (χ4n) is 3.36. The van der Waals surface area contributed by atoms with Crippen LogP contribution in [0.5, 0.6) is 0 Å². The Labute approximate surface area is 152 Å². The molecule has 1 heterocycles. The lowest BCUT2D eigenvalue weighted by Crippen LogP contribution is -2.29. The lowest BCUT2D eigenvalue weighted by atomic mass is 10.1. The Morgan fingerprint density at radius 1 is 1.08 bits per heavy atom. The van der Waals surface area contributed by atoms with Gasteiger partial charge >= 0.3 is 5.76 Å². The molecule has 2 atom stereocenters. The van der Waals surface area contributed by atoms with Crippen molar-refractivity contribution < 1.29 is 17.2 Å². The summed E-state index contributed by atoms with van der Waals surface area (Å²) >= 11 is 0. The average molecular weight is 380 g/mol. The van der Waals surface area contributed by atoms with E-state index in [1.807, 2.05) is 18.2 Å². The zero-order valence-electron chi connectivity index (χ0n) is 14.5. The zero-order valence-corrected chi connectivity index (χ0v) is 15.3. The van der Waals surface area contributed by atoms with Crippen molar-refractivity contribution in [3.8, 4) is 0 Å². The van der Waals surface area contributed by atoms with Crippen LogP contribution in [-0.2, 0) is 16.4 Å². The second kappa shape index (κ2) is 7.72. The Morgan fingerprint density at radius 3 is 2.42 bits per heavy atom. The molecule has 26 heavy (non-hydrogen) atoms. The van der Waals surface area contributed by atoms with Gasteiger partial charge in [0.15, 0.2) is 0 Å². The van der Waals surface area contributed by atoms with Gasteiger partial charge < -0.3 is 5.32 Å². The van der Waals surface area contributed by atoms with E-state index in [2.05, 4.69) is 29.3 Å². The van der Waals surface area contributed by atoms with Crippen molar-refractivity contribution >= 4 is 15.5 Å². The molecule has 2 aromatic rings. The van der Waals surface area contributed by atoms with Crippen LogP contribution in [0.25, 0.3) is 0 Å². The first-order valence-electron chi connectivity index (χ1n) is 8.52. The van der Waals surface area contributed by atoms with Crippen LogP contribution >= 0.6 is 0 Å². The Hall–Kier alpha value is -1.99. The monoisotopic (exact) mass is 380 g/mol. The minimum Gasteiger partial charge on any atom is -0.380 e. The summed E-state index contributed by atoms with van der Waals surface area (Å²) in [7, 11) is -4.64. The number of para-hydroxylation sites is 1. The van der Waals surface area contributed by atoms with E-state index in [-0.39, 0.29) is 22.5 Å². The first-order valence-corrected chi connectivity index (χ1v) is 10.1. The van der Waals surface area contributed by atoms with Crippen LogP contribution in [0.15, 0.2) is 59.5 Å². The van der Waals surface area contributed by atoms with E-state index >= 15 is 0 Å². The third-order valence-electron chi connectivity index (χ3n) is 4.71. The van der Waals surface area contributed by atoms with Gasteiger partial charge in [0.25, 0.3) is 0 Å². The standard InChI is InChI=1S/C19H22F2N2O2S/c1-14-11-23(12-15-7-3-2-4-8-15)13-17(14)22-16-9-5-6-10-18(16)26(24,25)19(20)21/h2-10,14,17,19,22H,11-13H2,1H3. The van der Waals surface area contributed by atoms with Crippen molar-refractivity contribution in [3.05, 3.63) is 60.2 Å². The van der Waals surface area contributed by atoms with Crippen LogP contribution in [0.2, 0.25) is 0 Å². The predicted octanol–water partition coefficient (Wildman–Crippen LogP) is 3.62. The molecule has 0 amide bonds. The number of hydrogen-bond acceptors (Lipinski definition) is 4. The van der Waals surface area contributed by atoms with E-state index in [9.17, 15) is 17.2 Å². The van der Waals surface area contributed by atoms with Gasteiger partial charge in [-0.15, -0.1) is 0 Å². The number of hydrogen-bond donors (Lipinski definition) is 1. The number of anilines is 1. The van der Waals surface area contributed by atoms with E-state index in [0.717, 1.165) is 19.6 Å². The summed E-state index contributed by atoms with van der Waals surface area (Å²) in [6, 6.07) is 16.0. The third-order valence-corrected chi connectivity index (χ3v) is 6.14. The second-order valence-corrected chi connectivity index (χ2v) is 8.60.